The lowest BCUT2D eigenvalue weighted by molar-refractivity contribution is 0.416. The largest absolute Gasteiger partial charge is 0.496 e. The Morgan fingerprint density at radius 1 is 1.17 bits per heavy atom. The third kappa shape index (κ3) is 3.81. The van der Waals surface area contributed by atoms with E-state index in [1.54, 1.807) is 7.11 Å². The minimum absolute atomic E-state index is 0.0637. The van der Waals surface area contributed by atoms with Gasteiger partial charge in [-0.3, -0.25) is 4.79 Å². The van der Waals surface area contributed by atoms with Crippen LogP contribution in [0.4, 0.5) is 0 Å². The number of pyridine rings is 1. The summed E-state index contributed by atoms with van der Waals surface area (Å²) in [6, 6.07) is 12.6. The molecule has 0 amide bonds. The standard InChI is InChI=1S/C25H25BrNO2S/c1-14(13-25(2,3)4)15-6-8-16(9-7-15)20-19(29-5)12-18(26)22-21(20)17-10-11-30-23(17)24(28)27-22/h6-14H,1-5H3,(H,27,28)/t14-/m0/s1. The van der Waals surface area contributed by atoms with Crippen LogP contribution < -0.4 is 10.3 Å². The number of hydrogen-bond acceptors (Lipinski definition) is 3. The Hall–Kier alpha value is -2.11. The van der Waals surface area contributed by atoms with Crippen molar-refractivity contribution in [2.75, 3.05) is 7.11 Å². The molecule has 2 heterocycles. The summed E-state index contributed by atoms with van der Waals surface area (Å²) in [7, 11) is 1.68. The Morgan fingerprint density at radius 2 is 1.87 bits per heavy atom. The Bertz CT molecular complexity index is 1280. The third-order valence-electron chi connectivity index (χ3n) is 5.32. The second kappa shape index (κ2) is 7.86. The highest BCUT2D eigenvalue weighted by atomic mass is 79.9. The molecule has 4 aromatic rings. The van der Waals surface area contributed by atoms with Crippen LogP contribution in [0.25, 0.3) is 32.1 Å². The predicted octanol–water partition coefficient (Wildman–Crippen LogP) is 7.53. The number of benzene rings is 2. The van der Waals surface area contributed by atoms with Gasteiger partial charge in [0.15, 0.2) is 0 Å². The summed E-state index contributed by atoms with van der Waals surface area (Å²) < 4.78 is 7.31. The summed E-state index contributed by atoms with van der Waals surface area (Å²) in [6.45, 7) is 8.91. The van der Waals surface area contributed by atoms with Gasteiger partial charge in [0, 0.05) is 20.8 Å². The zero-order valence-electron chi connectivity index (χ0n) is 17.8. The molecular weight excluding hydrogens is 458 g/mol. The number of halogens is 1. The van der Waals surface area contributed by atoms with Crippen molar-refractivity contribution in [1.82, 2.24) is 4.98 Å². The molecule has 0 spiro atoms. The lowest BCUT2D eigenvalue weighted by Crippen LogP contribution is -2.11. The number of aromatic nitrogens is 1. The molecule has 4 rings (SSSR count). The molecule has 1 radical (unpaired) electrons. The number of nitrogens with one attached hydrogen (secondary N) is 1. The van der Waals surface area contributed by atoms with E-state index in [0.717, 1.165) is 42.3 Å². The van der Waals surface area contributed by atoms with E-state index in [-0.39, 0.29) is 11.0 Å². The average Bonchev–Trinajstić information content (AvgIpc) is 3.18. The van der Waals surface area contributed by atoms with Crippen LogP contribution in [-0.2, 0) is 0 Å². The zero-order chi connectivity index (χ0) is 21.6. The van der Waals surface area contributed by atoms with Crippen molar-refractivity contribution in [3.63, 3.8) is 0 Å². The lowest BCUT2D eigenvalue weighted by atomic mass is 9.82. The van der Waals surface area contributed by atoms with Crippen LogP contribution in [0.2, 0.25) is 0 Å². The van der Waals surface area contributed by atoms with Crippen LogP contribution in [0, 0.1) is 11.8 Å². The predicted molar refractivity (Wildman–Crippen MR) is 132 cm³/mol. The van der Waals surface area contributed by atoms with E-state index in [2.05, 4.69) is 79.3 Å². The number of thiophene rings is 1. The first-order valence-corrected chi connectivity index (χ1v) is 11.6. The van der Waals surface area contributed by atoms with Crippen LogP contribution in [0.3, 0.4) is 0 Å². The molecule has 155 valence electrons. The molecule has 0 fully saturated rings. The molecule has 2 aromatic heterocycles. The number of methoxy groups -OCH3 is 1. The smallest absolute Gasteiger partial charge is 0.266 e. The number of H-pyrrole nitrogens is 1. The molecule has 1 N–H and O–H groups in total. The molecule has 0 aliphatic rings. The Labute approximate surface area is 189 Å². The van der Waals surface area contributed by atoms with Crippen LogP contribution in [0.5, 0.6) is 5.75 Å². The highest BCUT2D eigenvalue weighted by Crippen LogP contribution is 2.43. The number of rotatable bonds is 4. The molecule has 3 nitrogen and oxygen atoms in total. The second-order valence-corrected chi connectivity index (χ2v) is 10.5. The maximum atomic E-state index is 12.5. The van der Waals surface area contributed by atoms with Crippen molar-refractivity contribution in [2.24, 2.45) is 5.41 Å². The van der Waals surface area contributed by atoms with Gasteiger partial charge < -0.3 is 9.72 Å². The fourth-order valence-corrected chi connectivity index (χ4v) is 5.42. The minimum Gasteiger partial charge on any atom is -0.496 e. The van der Waals surface area contributed by atoms with Crippen molar-refractivity contribution in [3.8, 4) is 16.9 Å². The zero-order valence-corrected chi connectivity index (χ0v) is 20.2. The van der Waals surface area contributed by atoms with E-state index in [1.165, 1.54) is 16.9 Å². The molecule has 0 aliphatic carbocycles. The minimum atomic E-state index is -0.0637. The van der Waals surface area contributed by atoms with Crippen molar-refractivity contribution >= 4 is 48.3 Å². The van der Waals surface area contributed by atoms with E-state index >= 15 is 0 Å². The first-order chi connectivity index (χ1) is 14.2. The van der Waals surface area contributed by atoms with Gasteiger partial charge in [-0.05, 0) is 62.3 Å². The van der Waals surface area contributed by atoms with E-state index < -0.39 is 0 Å². The van der Waals surface area contributed by atoms with Crippen LogP contribution in [0.1, 0.15) is 39.2 Å². The van der Waals surface area contributed by atoms with Gasteiger partial charge in [-0.25, -0.2) is 0 Å². The van der Waals surface area contributed by atoms with Gasteiger partial charge in [0.05, 0.1) is 12.6 Å². The van der Waals surface area contributed by atoms with E-state index in [0.29, 0.717) is 5.92 Å². The van der Waals surface area contributed by atoms with Crippen molar-refractivity contribution in [1.29, 1.82) is 0 Å². The summed E-state index contributed by atoms with van der Waals surface area (Å²) >= 11 is 5.07. The molecule has 5 heteroatoms. The second-order valence-electron chi connectivity index (χ2n) is 8.75. The van der Waals surface area contributed by atoms with Gasteiger partial charge in [0.25, 0.3) is 5.56 Å². The van der Waals surface area contributed by atoms with Crippen LogP contribution >= 0.6 is 27.3 Å². The number of aromatic amines is 1. The molecule has 0 bridgehead atoms. The van der Waals surface area contributed by atoms with E-state index in [9.17, 15) is 4.79 Å². The SMILES string of the molecule is COc1cc(Br)c2[nH]c(=O)c3sccc3c2c1-c1ccc([C@@H](C)[CH]C(C)(C)C)cc1. The number of hydrogen-bond donors (Lipinski definition) is 1. The first-order valence-electron chi connectivity index (χ1n) is 9.95. The summed E-state index contributed by atoms with van der Waals surface area (Å²) in [5, 5.41) is 3.91. The summed E-state index contributed by atoms with van der Waals surface area (Å²) in [6.07, 6.45) is 2.37. The fourth-order valence-electron chi connectivity index (χ4n) is 4.12. The molecule has 30 heavy (non-hydrogen) atoms. The summed E-state index contributed by atoms with van der Waals surface area (Å²) in [4.78, 5) is 15.6. The van der Waals surface area contributed by atoms with Gasteiger partial charge in [-0.1, -0.05) is 52.0 Å². The first kappa shape index (κ1) is 21.1. The van der Waals surface area contributed by atoms with Crippen molar-refractivity contribution in [2.45, 2.75) is 33.6 Å². The maximum absolute atomic E-state index is 12.5. The Kier molecular flexibility index (Phi) is 5.54. The monoisotopic (exact) mass is 482 g/mol. The molecular formula is C25H25BrNO2S. The van der Waals surface area contributed by atoms with Gasteiger partial charge in [0.1, 0.15) is 10.4 Å². The molecule has 0 aliphatic heterocycles. The topological polar surface area (TPSA) is 42.1 Å². The molecule has 1 atom stereocenters. The highest BCUT2D eigenvalue weighted by Gasteiger charge is 2.20. The quantitative estimate of drug-likeness (QED) is 0.326. The summed E-state index contributed by atoms with van der Waals surface area (Å²) in [5.41, 5.74) is 4.24. The molecule has 2 aromatic carbocycles. The fraction of sp³-hybridized carbons (Fsp3) is 0.280. The summed E-state index contributed by atoms with van der Waals surface area (Å²) in [5.74, 6) is 1.14. The normalized spacial score (nSPS) is 13.1. The Morgan fingerprint density at radius 3 is 2.50 bits per heavy atom. The van der Waals surface area contributed by atoms with Gasteiger partial charge in [-0.15, -0.1) is 11.3 Å². The molecule has 0 unspecified atom stereocenters. The van der Waals surface area contributed by atoms with E-state index in [1.807, 2.05) is 17.5 Å². The Balaban J connectivity index is 1.93. The molecule has 0 saturated heterocycles. The van der Waals surface area contributed by atoms with E-state index in [4.69, 9.17) is 4.74 Å². The van der Waals surface area contributed by atoms with Gasteiger partial charge in [0.2, 0.25) is 0 Å². The van der Waals surface area contributed by atoms with Crippen molar-refractivity contribution < 1.29 is 4.74 Å². The molecule has 0 saturated carbocycles. The number of fused-ring (bicyclic) bond motifs is 3. The average molecular weight is 483 g/mol. The number of ether oxygens (including phenoxy) is 1. The lowest BCUT2D eigenvalue weighted by Gasteiger charge is -2.23. The highest BCUT2D eigenvalue weighted by molar-refractivity contribution is 9.10. The van der Waals surface area contributed by atoms with Crippen LogP contribution in [-0.4, -0.2) is 12.1 Å². The third-order valence-corrected chi connectivity index (χ3v) is 6.86. The van der Waals surface area contributed by atoms with Gasteiger partial charge in [-0.2, -0.15) is 0 Å². The van der Waals surface area contributed by atoms with Crippen molar-refractivity contribution in [3.05, 3.63) is 68.6 Å². The van der Waals surface area contributed by atoms with Gasteiger partial charge >= 0.3 is 0 Å². The maximum Gasteiger partial charge on any atom is 0.266 e. The van der Waals surface area contributed by atoms with Crippen LogP contribution in [0.15, 0.2) is 51.0 Å².